The minimum absolute atomic E-state index is 0.0145. The first-order chi connectivity index (χ1) is 16.2. The maximum atomic E-state index is 12.7. The van der Waals surface area contributed by atoms with E-state index in [9.17, 15) is 18.0 Å². The Morgan fingerprint density at radius 2 is 2.06 bits per heavy atom. The summed E-state index contributed by atoms with van der Waals surface area (Å²) < 4.78 is 48.7. The Bertz CT molecular complexity index is 960. The quantitative estimate of drug-likeness (QED) is 0.595. The molecule has 0 aromatic carbocycles. The van der Waals surface area contributed by atoms with E-state index >= 15 is 0 Å². The normalized spacial score (nSPS) is 18.8. The van der Waals surface area contributed by atoms with Crippen molar-refractivity contribution < 1.29 is 41.9 Å². The molecule has 0 aliphatic carbocycles. The van der Waals surface area contributed by atoms with Crippen LogP contribution in [-0.2, 0) is 27.3 Å². The number of hydrogen-bond acceptors (Lipinski definition) is 7. The van der Waals surface area contributed by atoms with Crippen LogP contribution in [0.5, 0.6) is 0 Å². The van der Waals surface area contributed by atoms with Crippen molar-refractivity contribution in [2.75, 3.05) is 26.3 Å². The molecular formula is C22H26F3N3O6. The van der Waals surface area contributed by atoms with E-state index in [1.165, 1.54) is 6.20 Å². The van der Waals surface area contributed by atoms with Crippen LogP contribution in [0.3, 0.4) is 0 Å². The molecule has 0 radical (unpaired) electrons. The highest BCUT2D eigenvalue weighted by atomic mass is 19.4. The minimum Gasteiger partial charge on any atom is -0.475 e. The number of hydrogen-bond donors (Lipinski definition) is 1. The van der Waals surface area contributed by atoms with Gasteiger partial charge in [-0.3, -0.25) is 9.78 Å². The number of carbonyl (C=O) groups is 2. The average Bonchev–Trinajstić information content (AvgIpc) is 3.43. The fourth-order valence-corrected chi connectivity index (χ4v) is 4.04. The van der Waals surface area contributed by atoms with Crippen LogP contribution in [0.2, 0.25) is 0 Å². The van der Waals surface area contributed by atoms with Crippen LogP contribution < -0.4 is 0 Å². The van der Waals surface area contributed by atoms with Crippen molar-refractivity contribution in [3.63, 3.8) is 0 Å². The Hall–Kier alpha value is -2.99. The summed E-state index contributed by atoms with van der Waals surface area (Å²) >= 11 is 0. The fraction of sp³-hybridized carbons (Fsp3) is 0.545. The summed E-state index contributed by atoms with van der Waals surface area (Å²) in [4.78, 5) is 27.7. The van der Waals surface area contributed by atoms with Crippen LogP contribution in [0.25, 0.3) is 0 Å². The van der Waals surface area contributed by atoms with Gasteiger partial charge in [-0.1, -0.05) is 18.1 Å². The van der Waals surface area contributed by atoms with Crippen molar-refractivity contribution in [3.05, 3.63) is 47.6 Å². The molecule has 1 unspecified atom stereocenters. The van der Waals surface area contributed by atoms with Crippen LogP contribution in [0.4, 0.5) is 13.2 Å². The summed E-state index contributed by atoms with van der Waals surface area (Å²) in [5.74, 6) is -1.71. The number of ether oxygens (including phenoxy) is 2. The van der Waals surface area contributed by atoms with E-state index < -0.39 is 12.1 Å². The second kappa shape index (κ2) is 11.0. The zero-order chi connectivity index (χ0) is 24.8. The van der Waals surface area contributed by atoms with Gasteiger partial charge in [0.05, 0.1) is 31.6 Å². The van der Waals surface area contributed by atoms with Gasteiger partial charge in [0.1, 0.15) is 16.9 Å². The lowest BCUT2D eigenvalue weighted by Crippen LogP contribution is -2.66. The Balaban J connectivity index is 0.000000406. The number of carboxylic acids is 1. The SMILES string of the molecule is CCc1oncc1C(=O)N1CC2(C1)OCCC2CCOCc1ccccn1.O=C(O)C(F)(F)F. The van der Waals surface area contributed by atoms with Crippen LogP contribution >= 0.6 is 0 Å². The Morgan fingerprint density at radius 3 is 2.68 bits per heavy atom. The highest BCUT2D eigenvalue weighted by molar-refractivity contribution is 5.95. The molecule has 12 heteroatoms. The number of alkyl halides is 3. The molecule has 2 saturated heterocycles. The first-order valence-corrected chi connectivity index (χ1v) is 10.8. The third kappa shape index (κ3) is 6.11. The lowest BCUT2D eigenvalue weighted by atomic mass is 9.79. The lowest BCUT2D eigenvalue weighted by Gasteiger charge is -2.50. The predicted octanol–water partition coefficient (Wildman–Crippen LogP) is 3.10. The third-order valence-electron chi connectivity index (χ3n) is 5.83. The second-order valence-electron chi connectivity index (χ2n) is 8.04. The van der Waals surface area contributed by atoms with Crippen molar-refractivity contribution in [3.8, 4) is 0 Å². The molecule has 4 heterocycles. The number of rotatable bonds is 7. The first kappa shape index (κ1) is 25.6. The van der Waals surface area contributed by atoms with Crippen molar-refractivity contribution in [2.45, 2.75) is 44.6 Å². The number of amides is 1. The number of pyridine rings is 1. The van der Waals surface area contributed by atoms with Gasteiger partial charge in [0, 0.05) is 25.8 Å². The maximum absolute atomic E-state index is 12.7. The average molecular weight is 485 g/mol. The molecule has 1 spiro atoms. The molecule has 2 aromatic heterocycles. The number of nitrogens with zero attached hydrogens (tertiary/aromatic N) is 3. The van der Waals surface area contributed by atoms with Gasteiger partial charge in [0.15, 0.2) is 0 Å². The van der Waals surface area contributed by atoms with E-state index in [2.05, 4.69) is 10.1 Å². The van der Waals surface area contributed by atoms with Crippen LogP contribution in [0.1, 0.15) is 41.6 Å². The molecule has 2 aliphatic heterocycles. The summed E-state index contributed by atoms with van der Waals surface area (Å²) in [5, 5.41) is 10.9. The topological polar surface area (TPSA) is 115 Å². The zero-order valence-electron chi connectivity index (χ0n) is 18.6. The third-order valence-corrected chi connectivity index (χ3v) is 5.83. The van der Waals surface area contributed by atoms with Gasteiger partial charge in [0.25, 0.3) is 5.91 Å². The number of carbonyl (C=O) groups excluding carboxylic acids is 1. The Labute approximate surface area is 193 Å². The van der Waals surface area contributed by atoms with E-state index in [1.54, 1.807) is 6.20 Å². The molecule has 9 nitrogen and oxygen atoms in total. The molecule has 4 rings (SSSR count). The number of halogens is 3. The predicted molar refractivity (Wildman–Crippen MR) is 111 cm³/mol. The highest BCUT2D eigenvalue weighted by Crippen LogP contribution is 2.42. The van der Waals surface area contributed by atoms with Gasteiger partial charge in [-0.15, -0.1) is 0 Å². The van der Waals surface area contributed by atoms with E-state index in [0.717, 1.165) is 25.1 Å². The summed E-state index contributed by atoms with van der Waals surface area (Å²) in [6, 6.07) is 5.83. The van der Waals surface area contributed by atoms with Crippen LogP contribution in [0, 0.1) is 5.92 Å². The Morgan fingerprint density at radius 1 is 1.32 bits per heavy atom. The molecule has 1 amide bonds. The van der Waals surface area contributed by atoms with Gasteiger partial charge in [-0.2, -0.15) is 13.2 Å². The largest absolute Gasteiger partial charge is 0.490 e. The van der Waals surface area contributed by atoms with Crippen molar-refractivity contribution >= 4 is 11.9 Å². The van der Waals surface area contributed by atoms with Crippen molar-refractivity contribution in [1.29, 1.82) is 0 Å². The number of carboxylic acid groups (broad SMARTS) is 1. The Kier molecular flexibility index (Phi) is 8.26. The van der Waals surface area contributed by atoms with E-state index in [0.29, 0.717) is 50.0 Å². The van der Waals surface area contributed by atoms with E-state index in [1.807, 2.05) is 30.0 Å². The van der Waals surface area contributed by atoms with Crippen molar-refractivity contribution in [2.24, 2.45) is 5.92 Å². The molecule has 2 aliphatic rings. The summed E-state index contributed by atoms with van der Waals surface area (Å²) in [5.41, 5.74) is 1.30. The van der Waals surface area contributed by atoms with Gasteiger partial charge in [0.2, 0.25) is 0 Å². The molecule has 2 aromatic rings. The standard InChI is InChI=1S/C20H25N3O4.C2HF3O2/c1-2-18-17(11-22-27-18)19(24)23-13-20(14-23)15(7-10-26-20)6-9-25-12-16-5-3-4-8-21-16;3-2(4,5)1(6)7/h3-5,8,11,15H,2,6-7,9-10,12-14H2,1H3;(H,6,7). The summed E-state index contributed by atoms with van der Waals surface area (Å²) in [6.45, 7) is 5.16. The molecule has 34 heavy (non-hydrogen) atoms. The highest BCUT2D eigenvalue weighted by Gasteiger charge is 2.54. The lowest BCUT2D eigenvalue weighted by molar-refractivity contribution is -0.192. The van der Waals surface area contributed by atoms with Gasteiger partial charge < -0.3 is 24.0 Å². The van der Waals surface area contributed by atoms with Crippen LogP contribution in [-0.4, -0.2) is 70.1 Å². The molecule has 0 saturated carbocycles. The minimum atomic E-state index is -5.08. The second-order valence-corrected chi connectivity index (χ2v) is 8.04. The molecule has 1 atom stereocenters. The van der Waals surface area contributed by atoms with Crippen LogP contribution in [0.15, 0.2) is 35.1 Å². The van der Waals surface area contributed by atoms with E-state index in [-0.39, 0.29) is 11.5 Å². The monoisotopic (exact) mass is 485 g/mol. The van der Waals surface area contributed by atoms with E-state index in [4.69, 9.17) is 23.9 Å². The summed E-state index contributed by atoms with van der Waals surface area (Å²) in [7, 11) is 0. The molecule has 1 N–H and O–H groups in total. The number of aryl methyl sites for hydroxylation is 1. The number of aliphatic carboxylic acids is 1. The molecule has 2 fully saturated rings. The maximum Gasteiger partial charge on any atom is 0.490 e. The van der Waals surface area contributed by atoms with Gasteiger partial charge in [-0.25, -0.2) is 4.79 Å². The number of likely N-dealkylation sites (tertiary alicyclic amines) is 1. The smallest absolute Gasteiger partial charge is 0.475 e. The number of aromatic nitrogens is 2. The fourth-order valence-electron chi connectivity index (χ4n) is 4.04. The molecule has 0 bridgehead atoms. The summed E-state index contributed by atoms with van der Waals surface area (Å²) in [6.07, 6.45) is 0.820. The first-order valence-electron chi connectivity index (χ1n) is 10.8. The van der Waals surface area contributed by atoms with Crippen molar-refractivity contribution in [1.82, 2.24) is 15.0 Å². The molecular weight excluding hydrogens is 459 g/mol. The van der Waals surface area contributed by atoms with Gasteiger partial charge >= 0.3 is 12.1 Å². The van der Waals surface area contributed by atoms with Gasteiger partial charge in [-0.05, 0) is 30.9 Å². The molecule has 186 valence electrons. The zero-order valence-corrected chi connectivity index (χ0v) is 18.6.